The molecule has 0 atom stereocenters. The Balaban J connectivity index is 3.09. The number of nitrogens with one attached hydrogen (secondary N) is 1. The number of ketones is 1. The normalized spacial score (nSPS) is 12.5. The second kappa shape index (κ2) is 11.8. The van der Waals surface area contributed by atoms with E-state index in [1.54, 1.807) is 6.08 Å². The summed E-state index contributed by atoms with van der Waals surface area (Å²) >= 11 is 5.98. The maximum Gasteiger partial charge on any atom is 0.338 e. The fourth-order valence-corrected chi connectivity index (χ4v) is 2.30. The number of hydrogen-bond acceptors (Lipinski definition) is 7. The number of anilines is 1. The summed E-state index contributed by atoms with van der Waals surface area (Å²) in [4.78, 5) is 31.4. The average molecular weight is 406 g/mol. The first-order chi connectivity index (χ1) is 13.3. The van der Waals surface area contributed by atoms with E-state index in [1.807, 2.05) is 20.8 Å². The topological polar surface area (TPSA) is 89.9 Å². The van der Waals surface area contributed by atoms with Crippen LogP contribution < -0.4 is 5.32 Å². The molecule has 28 heavy (non-hydrogen) atoms. The molecule has 0 unspecified atom stereocenters. The van der Waals surface area contributed by atoms with E-state index in [-0.39, 0.29) is 23.1 Å². The number of ether oxygens (including phenoxy) is 2. The molecule has 7 nitrogen and oxygen atoms in total. The van der Waals surface area contributed by atoms with Crippen LogP contribution >= 0.6 is 11.6 Å². The van der Waals surface area contributed by atoms with Crippen LogP contribution in [0.5, 0.6) is 0 Å². The lowest BCUT2D eigenvalue weighted by Crippen LogP contribution is -2.07. The number of pyridine rings is 1. The molecule has 0 bridgehead atoms. The van der Waals surface area contributed by atoms with E-state index in [4.69, 9.17) is 21.1 Å². The van der Waals surface area contributed by atoms with Crippen molar-refractivity contribution in [3.63, 3.8) is 0 Å². The zero-order chi connectivity index (χ0) is 21.1. The van der Waals surface area contributed by atoms with E-state index in [2.05, 4.69) is 22.0 Å². The highest BCUT2D eigenvalue weighted by molar-refractivity contribution is 6.29. The highest BCUT2D eigenvalue weighted by Crippen LogP contribution is 2.21. The lowest BCUT2D eigenvalue weighted by atomic mass is 10.1. The molecule has 0 saturated heterocycles. The molecule has 0 radical (unpaired) electrons. The van der Waals surface area contributed by atoms with E-state index in [0.717, 1.165) is 11.3 Å². The van der Waals surface area contributed by atoms with E-state index in [9.17, 15) is 9.59 Å². The molecule has 150 valence electrons. The number of methoxy groups -OCH3 is 1. The van der Waals surface area contributed by atoms with Crippen molar-refractivity contribution >= 4 is 35.9 Å². The van der Waals surface area contributed by atoms with Crippen LogP contribution in [0, 0.1) is 0 Å². The molecule has 0 aliphatic rings. The third kappa shape index (κ3) is 7.46. The molecule has 0 aliphatic carbocycles. The van der Waals surface area contributed by atoms with Crippen molar-refractivity contribution in [2.24, 2.45) is 4.99 Å². The van der Waals surface area contributed by atoms with Gasteiger partial charge >= 0.3 is 5.97 Å². The van der Waals surface area contributed by atoms with Gasteiger partial charge in [-0.3, -0.25) is 9.79 Å². The van der Waals surface area contributed by atoms with E-state index >= 15 is 0 Å². The van der Waals surface area contributed by atoms with Crippen molar-refractivity contribution in [3.05, 3.63) is 58.0 Å². The van der Waals surface area contributed by atoms with Gasteiger partial charge in [-0.05, 0) is 62.9 Å². The van der Waals surface area contributed by atoms with Crippen LogP contribution in [0.2, 0.25) is 5.15 Å². The number of rotatable bonds is 10. The van der Waals surface area contributed by atoms with Crippen LogP contribution in [-0.4, -0.2) is 43.8 Å². The fraction of sp³-hybridized carbons (Fsp3) is 0.300. The van der Waals surface area contributed by atoms with E-state index in [1.165, 1.54) is 31.5 Å². The number of hydrogen-bond donors (Lipinski definition) is 1. The maximum absolute atomic E-state index is 11.8. The van der Waals surface area contributed by atoms with Crippen LogP contribution in [-0.2, 0) is 14.3 Å². The second-order valence-electron chi connectivity index (χ2n) is 5.63. The van der Waals surface area contributed by atoms with Crippen molar-refractivity contribution in [2.75, 3.05) is 25.6 Å². The van der Waals surface area contributed by atoms with Gasteiger partial charge in [0.1, 0.15) is 17.6 Å². The Kier molecular flexibility index (Phi) is 9.84. The third-order valence-electron chi connectivity index (χ3n) is 3.65. The fourth-order valence-electron chi connectivity index (χ4n) is 2.10. The quantitative estimate of drug-likeness (QED) is 0.208. The molecule has 0 amide bonds. The van der Waals surface area contributed by atoms with Crippen molar-refractivity contribution in [1.82, 2.24) is 4.98 Å². The minimum Gasteiger partial charge on any atom is -0.465 e. The number of allylic oxidation sites excluding steroid dienone is 4. The maximum atomic E-state index is 11.8. The molecule has 8 heteroatoms. The van der Waals surface area contributed by atoms with Gasteiger partial charge in [0, 0.05) is 18.5 Å². The van der Waals surface area contributed by atoms with Crippen LogP contribution in [0.4, 0.5) is 5.82 Å². The van der Waals surface area contributed by atoms with Gasteiger partial charge in [0.2, 0.25) is 0 Å². The lowest BCUT2D eigenvalue weighted by molar-refractivity contribution is -0.118. The van der Waals surface area contributed by atoms with Gasteiger partial charge in [-0.2, -0.15) is 0 Å². The van der Waals surface area contributed by atoms with Gasteiger partial charge in [-0.15, -0.1) is 0 Å². The number of esters is 1. The Labute approximate surface area is 169 Å². The minimum atomic E-state index is -0.516. The Bertz CT molecular complexity index is 829. The average Bonchev–Trinajstić information content (AvgIpc) is 2.67. The monoisotopic (exact) mass is 405 g/mol. The van der Waals surface area contributed by atoms with Crippen molar-refractivity contribution in [2.45, 2.75) is 20.8 Å². The predicted molar refractivity (Wildman–Crippen MR) is 111 cm³/mol. The zero-order valence-electron chi connectivity index (χ0n) is 16.4. The van der Waals surface area contributed by atoms with E-state index < -0.39 is 5.97 Å². The summed E-state index contributed by atoms with van der Waals surface area (Å²) in [5.41, 5.74) is 2.48. The molecular formula is C20H24ClN3O4. The number of aliphatic imine (C=N–C) groups is 1. The van der Waals surface area contributed by atoms with Crippen molar-refractivity contribution in [1.29, 1.82) is 0 Å². The number of carbonyl (C=O) groups is 2. The van der Waals surface area contributed by atoms with Crippen LogP contribution in [0.15, 0.2) is 52.3 Å². The molecule has 0 fully saturated rings. The van der Waals surface area contributed by atoms with Crippen LogP contribution in [0.3, 0.4) is 0 Å². The molecule has 1 rings (SSSR count). The smallest absolute Gasteiger partial charge is 0.338 e. The molecule has 0 aromatic carbocycles. The van der Waals surface area contributed by atoms with E-state index in [0.29, 0.717) is 18.0 Å². The SMILES string of the molecule is C=N/C=C(/C=C/C(=O)COCC)C(\C)=C(/C)Nc1cc(C(=O)OC)cc(Cl)n1. The second-order valence-corrected chi connectivity index (χ2v) is 6.02. The first-order valence-electron chi connectivity index (χ1n) is 8.47. The molecule has 0 spiro atoms. The summed E-state index contributed by atoms with van der Waals surface area (Å²) in [6.45, 7) is 9.44. The molecule has 0 saturated carbocycles. The third-order valence-corrected chi connectivity index (χ3v) is 3.85. The lowest BCUT2D eigenvalue weighted by Gasteiger charge is -2.12. The van der Waals surface area contributed by atoms with Gasteiger partial charge in [-0.25, -0.2) is 9.78 Å². The highest BCUT2D eigenvalue weighted by atomic mass is 35.5. The van der Waals surface area contributed by atoms with Crippen LogP contribution in [0.25, 0.3) is 0 Å². The largest absolute Gasteiger partial charge is 0.465 e. The number of halogens is 1. The van der Waals surface area contributed by atoms with Gasteiger partial charge in [-0.1, -0.05) is 11.6 Å². The first-order valence-corrected chi connectivity index (χ1v) is 8.85. The summed E-state index contributed by atoms with van der Waals surface area (Å²) in [5.74, 6) is -0.292. The Hall–Kier alpha value is -2.77. The Morgan fingerprint density at radius 1 is 1.32 bits per heavy atom. The van der Waals surface area contributed by atoms with Crippen molar-refractivity contribution in [3.8, 4) is 0 Å². The highest BCUT2D eigenvalue weighted by Gasteiger charge is 2.11. The summed E-state index contributed by atoms with van der Waals surface area (Å²) in [7, 11) is 1.29. The first kappa shape index (κ1) is 23.3. The molecule has 0 aliphatic heterocycles. The Morgan fingerprint density at radius 3 is 2.64 bits per heavy atom. The number of nitrogens with zero attached hydrogens (tertiary/aromatic N) is 2. The molecule has 1 N–H and O–H groups in total. The van der Waals surface area contributed by atoms with Crippen molar-refractivity contribution < 1.29 is 19.1 Å². The zero-order valence-corrected chi connectivity index (χ0v) is 17.2. The molecule has 1 aromatic rings. The molecular weight excluding hydrogens is 382 g/mol. The summed E-state index contributed by atoms with van der Waals surface area (Å²) in [6, 6.07) is 2.95. The number of carbonyl (C=O) groups excluding carboxylic acids is 2. The standard InChI is InChI=1S/C20H24ClN3O4/c1-6-28-12-17(25)8-7-15(11-22-4)13(2)14(3)23-19-10-16(20(26)27-5)9-18(21)24-19/h7-11H,4,6,12H2,1-3,5H3,(H,23,24)/b8-7+,14-13+,15-11-. The summed E-state index contributed by atoms with van der Waals surface area (Å²) < 4.78 is 9.79. The van der Waals surface area contributed by atoms with Gasteiger partial charge in [0.15, 0.2) is 5.78 Å². The van der Waals surface area contributed by atoms with Gasteiger partial charge in [0.25, 0.3) is 0 Å². The van der Waals surface area contributed by atoms with Gasteiger partial charge in [0.05, 0.1) is 12.7 Å². The molecule has 1 aromatic heterocycles. The predicted octanol–water partition coefficient (Wildman–Crippen LogP) is 3.97. The molecule has 1 heterocycles. The Morgan fingerprint density at radius 2 is 2.04 bits per heavy atom. The summed E-state index contributed by atoms with van der Waals surface area (Å²) in [5, 5.41) is 3.25. The summed E-state index contributed by atoms with van der Waals surface area (Å²) in [6.07, 6.45) is 4.61. The number of aromatic nitrogens is 1. The van der Waals surface area contributed by atoms with Crippen LogP contribution in [0.1, 0.15) is 31.1 Å². The minimum absolute atomic E-state index is 0.0184. The van der Waals surface area contributed by atoms with Gasteiger partial charge < -0.3 is 14.8 Å².